The molecule has 148 valence electrons. The Hall–Kier alpha value is -3.67. The molecule has 0 saturated heterocycles. The molecule has 0 spiro atoms. The van der Waals surface area contributed by atoms with Crippen molar-refractivity contribution in [3.8, 4) is 0 Å². The lowest BCUT2D eigenvalue weighted by Gasteiger charge is -2.13. The predicted molar refractivity (Wildman–Crippen MR) is 110 cm³/mol. The Labute approximate surface area is 168 Å². The van der Waals surface area contributed by atoms with Crippen LogP contribution >= 0.6 is 0 Å². The van der Waals surface area contributed by atoms with Crippen LogP contribution in [0.25, 0.3) is 0 Å². The Balaban J connectivity index is 1.63. The van der Waals surface area contributed by atoms with Crippen molar-refractivity contribution in [1.29, 1.82) is 0 Å². The second kappa shape index (κ2) is 9.50. The normalized spacial score (nSPS) is 11.5. The van der Waals surface area contributed by atoms with E-state index in [9.17, 15) is 14.4 Å². The number of nitrogens with one attached hydrogen (secondary N) is 2. The molecule has 29 heavy (non-hydrogen) atoms. The topological polar surface area (TPSA) is 88.4 Å². The average Bonchev–Trinajstić information content (AvgIpc) is 3.26. The molecule has 0 aliphatic carbocycles. The monoisotopic (exact) mass is 390 g/mol. The van der Waals surface area contributed by atoms with Crippen LogP contribution in [0, 0.1) is 5.92 Å². The summed E-state index contributed by atoms with van der Waals surface area (Å²) in [6.07, 6.45) is 1.57. The Morgan fingerprint density at radius 2 is 1.66 bits per heavy atom. The summed E-state index contributed by atoms with van der Waals surface area (Å²) in [4.78, 5) is 37.5. The molecular weight excluding hydrogens is 368 g/mol. The van der Waals surface area contributed by atoms with E-state index in [0.717, 1.165) is 0 Å². The van der Waals surface area contributed by atoms with Crippen molar-refractivity contribution < 1.29 is 18.8 Å². The standard InChI is InChI=1S/C23H22N2O4/c1-16(22(27)24-15-18-10-7-13-29-18)14-21(26)19-11-5-6-12-20(19)25-23(28)17-8-3-2-4-9-17/h2-13,16H,14-15H2,1H3,(H,24,27)(H,25,28)/t16-/m1/s1. The van der Waals surface area contributed by atoms with E-state index in [0.29, 0.717) is 22.6 Å². The van der Waals surface area contributed by atoms with Crippen LogP contribution in [0.1, 0.15) is 39.8 Å². The number of hydrogen-bond acceptors (Lipinski definition) is 4. The fraction of sp³-hybridized carbons (Fsp3) is 0.174. The number of furan rings is 1. The van der Waals surface area contributed by atoms with Gasteiger partial charge in [0, 0.05) is 23.5 Å². The fourth-order valence-corrected chi connectivity index (χ4v) is 2.86. The van der Waals surface area contributed by atoms with Crippen molar-refractivity contribution >= 4 is 23.3 Å². The van der Waals surface area contributed by atoms with E-state index < -0.39 is 5.92 Å². The minimum absolute atomic E-state index is 0.0300. The third-order valence-corrected chi connectivity index (χ3v) is 4.47. The number of Topliss-reactive ketones (excluding diaryl/α,β-unsaturated/α-hetero) is 1. The molecule has 1 atom stereocenters. The van der Waals surface area contributed by atoms with Gasteiger partial charge in [0.05, 0.1) is 18.5 Å². The van der Waals surface area contributed by atoms with E-state index in [2.05, 4.69) is 10.6 Å². The number of carbonyl (C=O) groups is 3. The maximum atomic E-state index is 12.8. The third kappa shape index (κ3) is 5.42. The Bertz CT molecular complexity index is 981. The summed E-state index contributed by atoms with van der Waals surface area (Å²) in [5.74, 6) is -0.619. The number of hydrogen-bond donors (Lipinski definition) is 2. The predicted octanol–water partition coefficient (Wildman–Crippen LogP) is 4.06. The van der Waals surface area contributed by atoms with Crippen LogP contribution in [0.4, 0.5) is 5.69 Å². The van der Waals surface area contributed by atoms with Crippen LogP contribution in [-0.2, 0) is 11.3 Å². The van der Waals surface area contributed by atoms with Gasteiger partial charge in [-0.05, 0) is 36.4 Å². The minimum atomic E-state index is -0.518. The van der Waals surface area contributed by atoms with Crippen molar-refractivity contribution in [3.05, 3.63) is 89.9 Å². The van der Waals surface area contributed by atoms with Crippen molar-refractivity contribution in [2.75, 3.05) is 5.32 Å². The smallest absolute Gasteiger partial charge is 0.255 e. The van der Waals surface area contributed by atoms with Gasteiger partial charge in [0.1, 0.15) is 5.76 Å². The lowest BCUT2D eigenvalue weighted by molar-refractivity contribution is -0.124. The number of rotatable bonds is 8. The van der Waals surface area contributed by atoms with E-state index in [1.54, 1.807) is 67.6 Å². The number of para-hydroxylation sites is 1. The molecular formula is C23H22N2O4. The van der Waals surface area contributed by atoms with Gasteiger partial charge >= 0.3 is 0 Å². The second-order valence-corrected chi connectivity index (χ2v) is 6.69. The molecule has 3 rings (SSSR count). The second-order valence-electron chi connectivity index (χ2n) is 6.69. The van der Waals surface area contributed by atoms with E-state index in [1.165, 1.54) is 6.26 Å². The molecule has 1 aromatic heterocycles. The minimum Gasteiger partial charge on any atom is -0.467 e. The average molecular weight is 390 g/mol. The Kier molecular flexibility index (Phi) is 6.58. The lowest BCUT2D eigenvalue weighted by atomic mass is 9.97. The quantitative estimate of drug-likeness (QED) is 0.568. The Morgan fingerprint density at radius 3 is 2.38 bits per heavy atom. The van der Waals surface area contributed by atoms with Gasteiger partial charge in [-0.25, -0.2) is 0 Å². The summed E-state index contributed by atoms with van der Waals surface area (Å²) in [6, 6.07) is 19.1. The van der Waals surface area contributed by atoms with Gasteiger partial charge in [-0.1, -0.05) is 37.3 Å². The van der Waals surface area contributed by atoms with Crippen LogP contribution in [0.2, 0.25) is 0 Å². The van der Waals surface area contributed by atoms with E-state index >= 15 is 0 Å². The highest BCUT2D eigenvalue weighted by Crippen LogP contribution is 2.20. The van der Waals surface area contributed by atoms with E-state index in [4.69, 9.17) is 4.42 Å². The summed E-state index contributed by atoms with van der Waals surface area (Å²) < 4.78 is 5.18. The van der Waals surface area contributed by atoms with E-state index in [1.807, 2.05) is 6.07 Å². The van der Waals surface area contributed by atoms with Crippen LogP contribution in [0.15, 0.2) is 77.4 Å². The fourth-order valence-electron chi connectivity index (χ4n) is 2.86. The third-order valence-electron chi connectivity index (χ3n) is 4.47. The van der Waals surface area contributed by atoms with Crippen LogP contribution in [-0.4, -0.2) is 17.6 Å². The molecule has 2 aromatic carbocycles. The van der Waals surface area contributed by atoms with Crippen LogP contribution < -0.4 is 10.6 Å². The van der Waals surface area contributed by atoms with Crippen LogP contribution in [0.5, 0.6) is 0 Å². The van der Waals surface area contributed by atoms with Gasteiger partial charge in [0.25, 0.3) is 5.91 Å². The number of anilines is 1. The molecule has 6 heteroatoms. The molecule has 0 unspecified atom stereocenters. The molecule has 2 amide bonds. The zero-order valence-corrected chi connectivity index (χ0v) is 16.1. The number of benzene rings is 2. The van der Waals surface area contributed by atoms with Gasteiger partial charge < -0.3 is 15.1 Å². The molecule has 0 radical (unpaired) electrons. The van der Waals surface area contributed by atoms with Crippen molar-refractivity contribution in [1.82, 2.24) is 5.32 Å². The highest BCUT2D eigenvalue weighted by atomic mass is 16.3. The first-order valence-electron chi connectivity index (χ1n) is 9.33. The van der Waals surface area contributed by atoms with Crippen molar-refractivity contribution in [2.24, 2.45) is 5.92 Å². The first kappa shape index (κ1) is 20.1. The largest absolute Gasteiger partial charge is 0.467 e. The summed E-state index contributed by atoms with van der Waals surface area (Å²) in [7, 11) is 0. The summed E-state index contributed by atoms with van der Waals surface area (Å²) in [5, 5.41) is 5.54. The number of amides is 2. The van der Waals surface area contributed by atoms with Gasteiger partial charge in [0.15, 0.2) is 5.78 Å². The molecule has 0 aliphatic rings. The van der Waals surface area contributed by atoms with E-state index in [-0.39, 0.29) is 30.6 Å². The summed E-state index contributed by atoms with van der Waals surface area (Å²) in [5.41, 5.74) is 1.30. The van der Waals surface area contributed by atoms with Crippen molar-refractivity contribution in [3.63, 3.8) is 0 Å². The number of carbonyl (C=O) groups excluding carboxylic acids is 3. The highest BCUT2D eigenvalue weighted by molar-refractivity contribution is 6.10. The molecule has 6 nitrogen and oxygen atoms in total. The summed E-state index contributed by atoms with van der Waals surface area (Å²) in [6.45, 7) is 1.97. The maximum absolute atomic E-state index is 12.8. The maximum Gasteiger partial charge on any atom is 0.255 e. The van der Waals surface area contributed by atoms with Gasteiger partial charge in [-0.2, -0.15) is 0 Å². The highest BCUT2D eigenvalue weighted by Gasteiger charge is 2.20. The molecule has 1 heterocycles. The molecule has 2 N–H and O–H groups in total. The SMILES string of the molecule is C[C@H](CC(=O)c1ccccc1NC(=O)c1ccccc1)C(=O)NCc1ccco1. The first-order valence-corrected chi connectivity index (χ1v) is 9.33. The van der Waals surface area contributed by atoms with Gasteiger partial charge in [-0.3, -0.25) is 14.4 Å². The molecule has 3 aromatic rings. The summed E-state index contributed by atoms with van der Waals surface area (Å²) >= 11 is 0. The van der Waals surface area contributed by atoms with Gasteiger partial charge in [0.2, 0.25) is 5.91 Å². The van der Waals surface area contributed by atoms with Gasteiger partial charge in [-0.15, -0.1) is 0 Å². The first-order chi connectivity index (χ1) is 14.0. The zero-order valence-electron chi connectivity index (χ0n) is 16.1. The zero-order chi connectivity index (χ0) is 20.6. The van der Waals surface area contributed by atoms with Crippen LogP contribution in [0.3, 0.4) is 0 Å². The molecule has 0 aliphatic heterocycles. The lowest BCUT2D eigenvalue weighted by Crippen LogP contribution is -2.30. The molecule has 0 fully saturated rings. The molecule has 0 saturated carbocycles. The Morgan fingerprint density at radius 1 is 0.931 bits per heavy atom. The number of ketones is 1. The van der Waals surface area contributed by atoms with Crippen molar-refractivity contribution in [2.45, 2.75) is 19.9 Å². The molecule has 0 bridgehead atoms.